The van der Waals surface area contributed by atoms with Crippen LogP contribution in [0.25, 0.3) is 0 Å². The minimum absolute atomic E-state index is 0.0455. The van der Waals surface area contributed by atoms with Gasteiger partial charge in [-0.2, -0.15) is 0 Å². The second-order valence-electron chi connectivity index (χ2n) is 6.46. The van der Waals surface area contributed by atoms with Gasteiger partial charge in [-0.25, -0.2) is 0 Å². The Bertz CT molecular complexity index is 319. The molecule has 2 aliphatic heterocycles. The van der Waals surface area contributed by atoms with E-state index >= 15 is 0 Å². The zero-order valence-electron chi connectivity index (χ0n) is 12.9. The highest BCUT2D eigenvalue weighted by Gasteiger charge is 2.41. The van der Waals surface area contributed by atoms with Gasteiger partial charge < -0.3 is 9.80 Å². The van der Waals surface area contributed by atoms with E-state index in [1.165, 1.54) is 19.4 Å². The van der Waals surface area contributed by atoms with Gasteiger partial charge in [0.1, 0.15) is 0 Å². The first-order chi connectivity index (χ1) is 9.04. The van der Waals surface area contributed by atoms with Gasteiger partial charge in [0.2, 0.25) is 5.91 Å². The van der Waals surface area contributed by atoms with E-state index < -0.39 is 0 Å². The van der Waals surface area contributed by atoms with Crippen molar-refractivity contribution in [1.29, 1.82) is 0 Å². The first kappa shape index (κ1) is 14.8. The number of carbonyl (C=O) groups is 1. The maximum atomic E-state index is 12.5. The van der Waals surface area contributed by atoms with Crippen LogP contribution in [0.1, 0.15) is 46.5 Å². The molecule has 110 valence electrons. The molecule has 19 heavy (non-hydrogen) atoms. The standard InChI is InChI=1S/C15H29N3O/c1-5-7-13-15(19)18(14(16-13)11(2)3)10-12-8-6-9-17(12)4/h11-14,16H,5-10H2,1-4H3. The fourth-order valence-electron chi connectivity index (χ4n) is 3.39. The fraction of sp³-hybridized carbons (Fsp3) is 0.933. The highest BCUT2D eigenvalue weighted by Crippen LogP contribution is 2.24. The molecule has 0 saturated carbocycles. The van der Waals surface area contributed by atoms with Gasteiger partial charge in [0.15, 0.2) is 0 Å². The molecule has 0 spiro atoms. The molecular weight excluding hydrogens is 238 g/mol. The molecule has 0 aliphatic carbocycles. The van der Waals surface area contributed by atoms with Gasteiger partial charge in [-0.1, -0.05) is 27.2 Å². The molecular formula is C15H29N3O. The summed E-state index contributed by atoms with van der Waals surface area (Å²) >= 11 is 0. The van der Waals surface area contributed by atoms with Gasteiger partial charge in [0.25, 0.3) is 0 Å². The molecule has 0 radical (unpaired) electrons. The van der Waals surface area contributed by atoms with E-state index in [0.29, 0.717) is 17.9 Å². The molecule has 0 aromatic rings. The Hall–Kier alpha value is -0.610. The molecule has 0 aromatic carbocycles. The van der Waals surface area contributed by atoms with E-state index in [1.54, 1.807) is 0 Å². The molecule has 0 bridgehead atoms. The normalized spacial score (nSPS) is 32.8. The number of hydrogen-bond acceptors (Lipinski definition) is 3. The quantitative estimate of drug-likeness (QED) is 0.823. The molecule has 2 aliphatic rings. The van der Waals surface area contributed by atoms with E-state index in [-0.39, 0.29) is 12.2 Å². The van der Waals surface area contributed by atoms with Crippen molar-refractivity contribution in [3.8, 4) is 0 Å². The highest BCUT2D eigenvalue weighted by molar-refractivity contribution is 5.84. The van der Waals surface area contributed by atoms with Crippen LogP contribution in [0.15, 0.2) is 0 Å². The van der Waals surface area contributed by atoms with Crippen molar-refractivity contribution in [2.24, 2.45) is 5.92 Å². The van der Waals surface area contributed by atoms with Gasteiger partial charge in [0, 0.05) is 12.6 Å². The van der Waals surface area contributed by atoms with Gasteiger partial charge in [-0.15, -0.1) is 0 Å². The van der Waals surface area contributed by atoms with Crippen LogP contribution in [0, 0.1) is 5.92 Å². The van der Waals surface area contributed by atoms with Crippen LogP contribution >= 0.6 is 0 Å². The monoisotopic (exact) mass is 267 g/mol. The zero-order valence-corrected chi connectivity index (χ0v) is 12.9. The fourth-order valence-corrected chi connectivity index (χ4v) is 3.39. The minimum atomic E-state index is 0.0455. The number of likely N-dealkylation sites (N-methyl/N-ethyl adjacent to an activating group) is 1. The molecule has 3 unspecified atom stereocenters. The summed E-state index contributed by atoms with van der Waals surface area (Å²) in [5.74, 6) is 0.790. The van der Waals surface area contributed by atoms with E-state index in [2.05, 4.69) is 42.9 Å². The summed E-state index contributed by atoms with van der Waals surface area (Å²) in [6.45, 7) is 8.61. The third-order valence-corrected chi connectivity index (χ3v) is 4.58. The van der Waals surface area contributed by atoms with Gasteiger partial charge in [-0.3, -0.25) is 10.1 Å². The molecule has 3 atom stereocenters. The molecule has 0 aromatic heterocycles. The molecule has 1 N–H and O–H groups in total. The van der Waals surface area contributed by atoms with Crippen molar-refractivity contribution >= 4 is 5.91 Å². The van der Waals surface area contributed by atoms with Crippen LogP contribution in [-0.4, -0.2) is 54.1 Å². The van der Waals surface area contributed by atoms with Gasteiger partial charge >= 0.3 is 0 Å². The molecule has 2 rings (SSSR count). The van der Waals surface area contributed by atoms with Crippen molar-refractivity contribution in [2.75, 3.05) is 20.1 Å². The zero-order chi connectivity index (χ0) is 14.0. The summed E-state index contributed by atoms with van der Waals surface area (Å²) in [5, 5.41) is 3.54. The van der Waals surface area contributed by atoms with Crippen LogP contribution in [0.4, 0.5) is 0 Å². The predicted octanol–water partition coefficient (Wildman–Crippen LogP) is 1.66. The van der Waals surface area contributed by atoms with E-state index in [0.717, 1.165) is 19.4 Å². The third kappa shape index (κ3) is 3.11. The molecule has 2 fully saturated rings. The maximum absolute atomic E-state index is 12.5. The largest absolute Gasteiger partial charge is 0.324 e. The number of carbonyl (C=O) groups excluding carboxylic acids is 1. The average molecular weight is 267 g/mol. The topological polar surface area (TPSA) is 35.6 Å². The first-order valence-electron chi connectivity index (χ1n) is 7.81. The van der Waals surface area contributed by atoms with Crippen LogP contribution in [0.2, 0.25) is 0 Å². The van der Waals surface area contributed by atoms with Crippen molar-refractivity contribution in [1.82, 2.24) is 15.1 Å². The molecule has 2 saturated heterocycles. The SMILES string of the molecule is CCCC1NC(C(C)C)N(CC2CCCN2C)C1=O. The third-order valence-electron chi connectivity index (χ3n) is 4.58. The second-order valence-corrected chi connectivity index (χ2v) is 6.46. The Kier molecular flexibility index (Phi) is 4.85. The van der Waals surface area contributed by atoms with E-state index in [1.807, 2.05) is 0 Å². The van der Waals surface area contributed by atoms with Crippen LogP contribution in [-0.2, 0) is 4.79 Å². The lowest BCUT2D eigenvalue weighted by Crippen LogP contribution is -2.47. The number of amides is 1. The summed E-state index contributed by atoms with van der Waals surface area (Å²) in [7, 11) is 2.18. The summed E-state index contributed by atoms with van der Waals surface area (Å²) in [6.07, 6.45) is 4.73. The number of rotatable bonds is 5. The van der Waals surface area contributed by atoms with Crippen molar-refractivity contribution in [3.05, 3.63) is 0 Å². The van der Waals surface area contributed by atoms with Crippen molar-refractivity contribution in [2.45, 2.75) is 64.7 Å². The van der Waals surface area contributed by atoms with Crippen LogP contribution < -0.4 is 5.32 Å². The Balaban J connectivity index is 2.04. The first-order valence-corrected chi connectivity index (χ1v) is 7.81. The van der Waals surface area contributed by atoms with Crippen LogP contribution in [0.5, 0.6) is 0 Å². The summed E-state index contributed by atoms with van der Waals surface area (Å²) in [6, 6.07) is 0.594. The summed E-state index contributed by atoms with van der Waals surface area (Å²) < 4.78 is 0. The maximum Gasteiger partial charge on any atom is 0.241 e. The Morgan fingerprint density at radius 2 is 2.16 bits per heavy atom. The van der Waals surface area contributed by atoms with Gasteiger partial charge in [0.05, 0.1) is 12.2 Å². The van der Waals surface area contributed by atoms with E-state index in [9.17, 15) is 4.79 Å². The Morgan fingerprint density at radius 1 is 1.42 bits per heavy atom. The molecule has 4 nitrogen and oxygen atoms in total. The predicted molar refractivity (Wildman–Crippen MR) is 77.8 cm³/mol. The lowest BCUT2D eigenvalue weighted by molar-refractivity contribution is -0.131. The van der Waals surface area contributed by atoms with Gasteiger partial charge in [-0.05, 0) is 38.8 Å². The molecule has 2 heterocycles. The van der Waals surface area contributed by atoms with Crippen molar-refractivity contribution in [3.63, 3.8) is 0 Å². The number of hydrogen-bond donors (Lipinski definition) is 1. The molecule has 4 heteroatoms. The average Bonchev–Trinajstić information content (AvgIpc) is 2.89. The second kappa shape index (κ2) is 6.23. The number of likely N-dealkylation sites (tertiary alicyclic amines) is 1. The highest BCUT2D eigenvalue weighted by atomic mass is 16.2. The van der Waals surface area contributed by atoms with E-state index in [4.69, 9.17) is 0 Å². The Morgan fingerprint density at radius 3 is 2.68 bits per heavy atom. The smallest absolute Gasteiger partial charge is 0.241 e. The van der Waals surface area contributed by atoms with Crippen molar-refractivity contribution < 1.29 is 4.79 Å². The lowest BCUT2D eigenvalue weighted by Gasteiger charge is -2.31. The Labute approximate surface area is 117 Å². The molecule has 1 amide bonds. The minimum Gasteiger partial charge on any atom is -0.324 e. The summed E-state index contributed by atoms with van der Waals surface area (Å²) in [4.78, 5) is 17.1. The number of nitrogens with one attached hydrogen (secondary N) is 1. The van der Waals surface area contributed by atoms with Crippen LogP contribution in [0.3, 0.4) is 0 Å². The number of nitrogens with zero attached hydrogens (tertiary/aromatic N) is 2. The lowest BCUT2D eigenvalue weighted by atomic mass is 10.1. The summed E-state index contributed by atoms with van der Waals surface area (Å²) in [5.41, 5.74) is 0.